The van der Waals surface area contributed by atoms with Crippen molar-refractivity contribution >= 4 is 11.9 Å². The Bertz CT molecular complexity index is 880. The number of benzene rings is 2. The quantitative estimate of drug-likeness (QED) is 0.398. The number of nitrogens with one attached hydrogen (secondary N) is 1. The van der Waals surface area contributed by atoms with E-state index in [1.807, 2.05) is 37.3 Å². The van der Waals surface area contributed by atoms with Crippen molar-refractivity contribution in [2.24, 2.45) is 0 Å². The Labute approximate surface area is 171 Å². The molecule has 2 aromatic carbocycles. The molecule has 3 rings (SSSR count). The smallest absolute Gasteiger partial charge is 0.325 e. The van der Waals surface area contributed by atoms with Crippen LogP contribution in [0.2, 0.25) is 0 Å². The largest absolute Gasteiger partial charge is 0.494 e. The number of amides is 3. The van der Waals surface area contributed by atoms with Crippen molar-refractivity contribution in [2.75, 3.05) is 19.8 Å². The summed E-state index contributed by atoms with van der Waals surface area (Å²) in [6, 6.07) is 16.2. The van der Waals surface area contributed by atoms with Crippen LogP contribution in [0.15, 0.2) is 66.7 Å². The van der Waals surface area contributed by atoms with Gasteiger partial charge in [0, 0.05) is 6.54 Å². The van der Waals surface area contributed by atoms with Gasteiger partial charge in [0.15, 0.2) is 0 Å². The molecule has 1 saturated heterocycles. The van der Waals surface area contributed by atoms with Gasteiger partial charge in [-0.2, -0.15) is 0 Å². The monoisotopic (exact) mass is 394 g/mol. The first kappa shape index (κ1) is 20.5. The number of carbonyl (C=O) groups excluding carboxylic acids is 2. The lowest BCUT2D eigenvalue weighted by Gasteiger charge is -2.22. The number of ether oxygens (including phenoxy) is 2. The molecular formula is C23H26N2O4. The Morgan fingerprint density at radius 3 is 2.34 bits per heavy atom. The molecule has 0 saturated carbocycles. The maximum absolute atomic E-state index is 13.0. The van der Waals surface area contributed by atoms with E-state index in [4.69, 9.17) is 9.47 Å². The molecule has 0 spiro atoms. The Morgan fingerprint density at radius 1 is 1.03 bits per heavy atom. The Hall–Kier alpha value is -3.28. The third-order valence-corrected chi connectivity index (χ3v) is 4.73. The number of hydrogen-bond acceptors (Lipinski definition) is 4. The molecule has 3 amide bonds. The van der Waals surface area contributed by atoms with Gasteiger partial charge in [-0.15, -0.1) is 0 Å². The molecule has 2 aromatic rings. The van der Waals surface area contributed by atoms with Crippen molar-refractivity contribution < 1.29 is 19.1 Å². The third-order valence-electron chi connectivity index (χ3n) is 4.73. The first-order valence-electron chi connectivity index (χ1n) is 9.60. The van der Waals surface area contributed by atoms with Crippen LogP contribution < -0.4 is 14.8 Å². The van der Waals surface area contributed by atoms with E-state index in [1.165, 1.54) is 4.90 Å². The lowest BCUT2D eigenvalue weighted by atomic mass is 9.92. The maximum atomic E-state index is 13.0. The zero-order valence-electron chi connectivity index (χ0n) is 16.8. The SMILES string of the molecule is C=C(C)COc1ccc(C2(C)NC(=O)N(CCCOc3ccccc3)C2=O)cc1. The molecule has 1 fully saturated rings. The second-order valence-electron chi connectivity index (χ2n) is 7.30. The normalized spacial score (nSPS) is 18.5. The highest BCUT2D eigenvalue weighted by atomic mass is 16.5. The lowest BCUT2D eigenvalue weighted by Crippen LogP contribution is -2.41. The zero-order valence-corrected chi connectivity index (χ0v) is 16.8. The fourth-order valence-electron chi connectivity index (χ4n) is 3.12. The van der Waals surface area contributed by atoms with E-state index in [-0.39, 0.29) is 11.9 Å². The molecular weight excluding hydrogens is 368 g/mol. The lowest BCUT2D eigenvalue weighted by molar-refractivity contribution is -0.131. The van der Waals surface area contributed by atoms with Gasteiger partial charge >= 0.3 is 6.03 Å². The topological polar surface area (TPSA) is 67.9 Å². The van der Waals surface area contributed by atoms with Crippen molar-refractivity contribution in [1.29, 1.82) is 0 Å². The van der Waals surface area contributed by atoms with Gasteiger partial charge in [0.2, 0.25) is 0 Å². The molecule has 1 aliphatic heterocycles. The molecule has 1 aliphatic rings. The van der Waals surface area contributed by atoms with Gasteiger partial charge in [-0.05, 0) is 55.7 Å². The van der Waals surface area contributed by atoms with E-state index in [1.54, 1.807) is 31.2 Å². The molecule has 0 bridgehead atoms. The van der Waals surface area contributed by atoms with E-state index >= 15 is 0 Å². The molecule has 6 nitrogen and oxygen atoms in total. The molecule has 152 valence electrons. The summed E-state index contributed by atoms with van der Waals surface area (Å²) >= 11 is 0. The van der Waals surface area contributed by atoms with Gasteiger partial charge in [-0.1, -0.05) is 36.9 Å². The van der Waals surface area contributed by atoms with E-state index in [0.29, 0.717) is 37.5 Å². The Morgan fingerprint density at radius 2 is 1.69 bits per heavy atom. The predicted molar refractivity (Wildman–Crippen MR) is 111 cm³/mol. The van der Waals surface area contributed by atoms with E-state index < -0.39 is 5.54 Å². The molecule has 1 atom stereocenters. The van der Waals surface area contributed by atoms with Crippen LogP contribution in [0.5, 0.6) is 11.5 Å². The van der Waals surface area contributed by atoms with Crippen LogP contribution in [0.1, 0.15) is 25.8 Å². The Kier molecular flexibility index (Phi) is 6.22. The summed E-state index contributed by atoms with van der Waals surface area (Å²) < 4.78 is 11.2. The zero-order chi connectivity index (χ0) is 20.9. The fraction of sp³-hybridized carbons (Fsp3) is 0.304. The first-order chi connectivity index (χ1) is 13.9. The van der Waals surface area contributed by atoms with Gasteiger partial charge in [-0.3, -0.25) is 9.69 Å². The summed E-state index contributed by atoms with van der Waals surface area (Å²) in [7, 11) is 0. The van der Waals surface area contributed by atoms with Crippen LogP contribution in [-0.2, 0) is 10.3 Å². The Balaban J connectivity index is 1.58. The summed E-state index contributed by atoms with van der Waals surface area (Å²) in [6.45, 7) is 8.57. The van der Waals surface area contributed by atoms with Gasteiger partial charge in [0.1, 0.15) is 23.6 Å². The fourth-order valence-corrected chi connectivity index (χ4v) is 3.12. The maximum Gasteiger partial charge on any atom is 0.325 e. The number of carbonyl (C=O) groups is 2. The summed E-state index contributed by atoms with van der Waals surface area (Å²) in [6.07, 6.45) is 0.553. The molecule has 0 radical (unpaired) electrons. The predicted octanol–water partition coefficient (Wildman–Crippen LogP) is 3.88. The minimum atomic E-state index is -1.09. The second-order valence-corrected chi connectivity index (χ2v) is 7.30. The first-order valence-corrected chi connectivity index (χ1v) is 9.60. The highest BCUT2D eigenvalue weighted by Crippen LogP contribution is 2.30. The average molecular weight is 394 g/mol. The average Bonchev–Trinajstić information content (AvgIpc) is 2.94. The van der Waals surface area contributed by atoms with Crippen LogP contribution in [0.25, 0.3) is 0 Å². The van der Waals surface area contributed by atoms with Crippen LogP contribution in [0.4, 0.5) is 4.79 Å². The van der Waals surface area contributed by atoms with Gasteiger partial charge in [0.25, 0.3) is 5.91 Å². The van der Waals surface area contributed by atoms with Crippen LogP contribution in [0, 0.1) is 0 Å². The highest BCUT2D eigenvalue weighted by Gasteiger charge is 2.48. The van der Waals surface area contributed by atoms with Crippen LogP contribution >= 0.6 is 0 Å². The van der Waals surface area contributed by atoms with E-state index in [2.05, 4.69) is 11.9 Å². The number of urea groups is 1. The van der Waals surface area contributed by atoms with Crippen molar-refractivity contribution in [2.45, 2.75) is 25.8 Å². The summed E-state index contributed by atoms with van der Waals surface area (Å²) in [5, 5.41) is 2.82. The molecule has 0 aromatic heterocycles. The molecule has 6 heteroatoms. The number of imide groups is 1. The summed E-state index contributed by atoms with van der Waals surface area (Å²) in [5.74, 6) is 1.19. The third kappa shape index (κ3) is 4.77. The van der Waals surface area contributed by atoms with Crippen LogP contribution in [-0.4, -0.2) is 36.6 Å². The minimum Gasteiger partial charge on any atom is -0.494 e. The number of hydrogen-bond donors (Lipinski definition) is 1. The minimum absolute atomic E-state index is 0.266. The van der Waals surface area contributed by atoms with Crippen molar-refractivity contribution in [1.82, 2.24) is 10.2 Å². The molecule has 1 unspecified atom stereocenters. The number of rotatable bonds is 9. The summed E-state index contributed by atoms with van der Waals surface area (Å²) in [4.78, 5) is 26.6. The van der Waals surface area contributed by atoms with Crippen molar-refractivity contribution in [3.63, 3.8) is 0 Å². The second kappa shape index (κ2) is 8.82. The molecule has 29 heavy (non-hydrogen) atoms. The molecule has 1 N–H and O–H groups in total. The van der Waals surface area contributed by atoms with Gasteiger partial charge in [0.05, 0.1) is 6.61 Å². The van der Waals surface area contributed by atoms with Crippen molar-refractivity contribution in [3.8, 4) is 11.5 Å². The van der Waals surface area contributed by atoms with Crippen molar-refractivity contribution in [3.05, 3.63) is 72.3 Å². The van der Waals surface area contributed by atoms with Crippen LogP contribution in [0.3, 0.4) is 0 Å². The molecule has 0 aliphatic carbocycles. The van der Waals surface area contributed by atoms with E-state index in [9.17, 15) is 9.59 Å². The summed E-state index contributed by atoms with van der Waals surface area (Å²) in [5.41, 5.74) is 0.539. The van der Waals surface area contributed by atoms with E-state index in [0.717, 1.165) is 11.3 Å². The van der Waals surface area contributed by atoms with Gasteiger partial charge in [-0.25, -0.2) is 4.79 Å². The standard InChI is InChI=1S/C23H26N2O4/c1-17(2)16-29-20-12-10-18(11-13-20)23(3)21(26)25(22(27)24-23)14-7-15-28-19-8-5-4-6-9-19/h4-6,8-13H,1,7,14-16H2,2-3H3,(H,24,27). The van der Waals surface area contributed by atoms with Gasteiger partial charge < -0.3 is 14.8 Å². The number of nitrogens with zero attached hydrogens (tertiary/aromatic N) is 1. The number of para-hydroxylation sites is 1. The molecule has 1 heterocycles. The highest BCUT2D eigenvalue weighted by molar-refractivity contribution is 6.07.